The Bertz CT molecular complexity index is 802. The molecule has 2 atom stereocenters. The summed E-state index contributed by atoms with van der Waals surface area (Å²) < 4.78 is 22.8. The highest BCUT2D eigenvalue weighted by Crippen LogP contribution is 2.25. The number of hydrogen-bond acceptors (Lipinski definition) is 7. The zero-order valence-corrected chi connectivity index (χ0v) is 17.2. The molecule has 0 saturated carbocycles. The molecule has 0 aliphatic carbocycles. The van der Waals surface area contributed by atoms with E-state index in [0.717, 1.165) is 30.2 Å². The summed E-state index contributed by atoms with van der Waals surface area (Å²) in [5, 5.41) is 18.1. The van der Waals surface area contributed by atoms with E-state index in [2.05, 4.69) is 17.4 Å². The van der Waals surface area contributed by atoms with Crippen LogP contribution < -0.4 is 14.8 Å². The topological polar surface area (TPSA) is 124 Å². The maximum atomic E-state index is 9.10. The summed E-state index contributed by atoms with van der Waals surface area (Å²) in [5.74, 6) is -2.14. The Balaban J connectivity index is 0.000000501. The van der Waals surface area contributed by atoms with Gasteiger partial charge in [-0.15, -0.1) is 0 Å². The molecule has 9 heteroatoms. The van der Waals surface area contributed by atoms with E-state index in [0.29, 0.717) is 19.8 Å². The molecule has 1 fully saturated rings. The minimum absolute atomic E-state index is 0.00609. The van der Waals surface area contributed by atoms with Crippen molar-refractivity contribution in [2.45, 2.75) is 12.2 Å². The highest BCUT2D eigenvalue weighted by Gasteiger charge is 2.23. The fraction of sp³-hybridized carbons (Fsp3) is 0.364. The molecule has 9 nitrogen and oxygen atoms in total. The molecule has 1 aliphatic heterocycles. The SMILES string of the molecule is COc1ccccc1OCCNC[C@@H]1COC[C@@H](c2ccccc2)O1.O=C(O)C(=O)O. The van der Waals surface area contributed by atoms with Gasteiger partial charge in [-0.3, -0.25) is 0 Å². The molecule has 0 bridgehead atoms. The third kappa shape index (κ3) is 8.63. The van der Waals surface area contributed by atoms with Crippen LogP contribution in [0.2, 0.25) is 0 Å². The Morgan fingerprint density at radius 1 is 1.00 bits per heavy atom. The zero-order chi connectivity index (χ0) is 22.5. The highest BCUT2D eigenvalue weighted by molar-refractivity contribution is 6.27. The van der Waals surface area contributed by atoms with Gasteiger partial charge >= 0.3 is 11.9 Å². The van der Waals surface area contributed by atoms with Crippen LogP contribution in [0.4, 0.5) is 0 Å². The van der Waals surface area contributed by atoms with Crippen molar-refractivity contribution in [3.8, 4) is 11.5 Å². The Hall–Kier alpha value is -3.14. The summed E-state index contributed by atoms with van der Waals surface area (Å²) in [6.45, 7) is 3.25. The molecule has 1 saturated heterocycles. The monoisotopic (exact) mass is 433 g/mol. The van der Waals surface area contributed by atoms with Gasteiger partial charge < -0.3 is 34.5 Å². The van der Waals surface area contributed by atoms with Crippen molar-refractivity contribution in [1.82, 2.24) is 5.32 Å². The molecule has 168 valence electrons. The standard InChI is InChI=1S/C20H25NO4.C2H2O4/c1-22-18-9-5-6-10-19(18)24-12-11-21-13-17-14-23-15-20(25-17)16-7-3-2-4-8-16;3-1(4)2(5)6/h2-10,17,20-21H,11-15H2,1H3;(H,3,4)(H,5,6)/t17-,20+;/m1./s1. The van der Waals surface area contributed by atoms with Crippen LogP contribution in [0, 0.1) is 0 Å². The van der Waals surface area contributed by atoms with Crippen molar-refractivity contribution in [2.75, 3.05) is 40.0 Å². The van der Waals surface area contributed by atoms with E-state index in [9.17, 15) is 0 Å². The molecule has 31 heavy (non-hydrogen) atoms. The third-order valence-electron chi connectivity index (χ3n) is 4.26. The lowest BCUT2D eigenvalue weighted by atomic mass is 10.1. The van der Waals surface area contributed by atoms with Crippen LogP contribution >= 0.6 is 0 Å². The van der Waals surface area contributed by atoms with Crippen LogP contribution in [0.1, 0.15) is 11.7 Å². The van der Waals surface area contributed by atoms with Gasteiger partial charge in [-0.2, -0.15) is 0 Å². The maximum absolute atomic E-state index is 9.10. The van der Waals surface area contributed by atoms with Crippen molar-refractivity contribution >= 4 is 11.9 Å². The molecule has 0 spiro atoms. The smallest absolute Gasteiger partial charge is 0.414 e. The Kier molecular flexibility index (Phi) is 10.3. The average Bonchev–Trinajstić information content (AvgIpc) is 2.80. The number of nitrogens with one attached hydrogen (secondary N) is 1. The van der Waals surface area contributed by atoms with Crippen LogP contribution in [0.5, 0.6) is 11.5 Å². The van der Waals surface area contributed by atoms with Crippen LogP contribution in [0.15, 0.2) is 54.6 Å². The van der Waals surface area contributed by atoms with Crippen molar-refractivity contribution in [3.63, 3.8) is 0 Å². The number of para-hydroxylation sites is 2. The number of hydrogen-bond donors (Lipinski definition) is 3. The number of benzene rings is 2. The molecule has 3 rings (SSSR count). The van der Waals surface area contributed by atoms with Gasteiger partial charge in [-0.1, -0.05) is 42.5 Å². The molecule has 2 aromatic carbocycles. The van der Waals surface area contributed by atoms with E-state index in [1.54, 1.807) is 7.11 Å². The molecule has 0 radical (unpaired) electrons. The summed E-state index contributed by atoms with van der Waals surface area (Å²) >= 11 is 0. The molecule has 0 amide bonds. The van der Waals surface area contributed by atoms with Crippen molar-refractivity contribution in [1.29, 1.82) is 0 Å². The molecular formula is C22H27NO8. The Morgan fingerprint density at radius 2 is 1.65 bits per heavy atom. The summed E-state index contributed by atoms with van der Waals surface area (Å²) in [4.78, 5) is 18.2. The number of carboxylic acid groups (broad SMARTS) is 2. The second-order valence-corrected chi connectivity index (χ2v) is 6.51. The van der Waals surface area contributed by atoms with Crippen LogP contribution in [0.25, 0.3) is 0 Å². The summed E-state index contributed by atoms with van der Waals surface area (Å²) in [7, 11) is 1.64. The van der Waals surface area contributed by atoms with Crippen LogP contribution in [0.3, 0.4) is 0 Å². The molecule has 0 aromatic heterocycles. The van der Waals surface area contributed by atoms with E-state index < -0.39 is 11.9 Å². The molecule has 2 aromatic rings. The minimum Gasteiger partial charge on any atom is -0.493 e. The molecule has 3 N–H and O–H groups in total. The number of aliphatic carboxylic acids is 2. The molecule has 1 heterocycles. The van der Waals surface area contributed by atoms with Crippen molar-refractivity contribution in [2.24, 2.45) is 0 Å². The highest BCUT2D eigenvalue weighted by atomic mass is 16.6. The lowest BCUT2D eigenvalue weighted by Crippen LogP contribution is -2.39. The maximum Gasteiger partial charge on any atom is 0.414 e. The number of carbonyl (C=O) groups is 2. The Morgan fingerprint density at radius 3 is 2.29 bits per heavy atom. The van der Waals surface area contributed by atoms with E-state index >= 15 is 0 Å². The minimum atomic E-state index is -1.82. The van der Waals surface area contributed by atoms with Crippen molar-refractivity contribution in [3.05, 3.63) is 60.2 Å². The number of methoxy groups -OCH3 is 1. The second kappa shape index (κ2) is 13.2. The van der Waals surface area contributed by atoms with E-state index in [1.807, 2.05) is 42.5 Å². The molecular weight excluding hydrogens is 406 g/mol. The predicted octanol–water partition coefficient (Wildman–Crippen LogP) is 1.98. The first-order valence-corrected chi connectivity index (χ1v) is 9.72. The third-order valence-corrected chi connectivity index (χ3v) is 4.26. The van der Waals surface area contributed by atoms with Gasteiger partial charge in [0.25, 0.3) is 0 Å². The average molecular weight is 433 g/mol. The summed E-state index contributed by atoms with van der Waals surface area (Å²) in [6, 6.07) is 17.9. The first-order chi connectivity index (χ1) is 15.0. The van der Waals surface area contributed by atoms with Gasteiger partial charge in [0.2, 0.25) is 0 Å². The van der Waals surface area contributed by atoms with Gasteiger partial charge in [0.1, 0.15) is 12.7 Å². The molecule has 1 aliphatic rings. The van der Waals surface area contributed by atoms with Crippen molar-refractivity contribution < 1.29 is 38.7 Å². The number of carboxylic acids is 2. The quantitative estimate of drug-likeness (QED) is 0.423. The summed E-state index contributed by atoms with van der Waals surface area (Å²) in [5.41, 5.74) is 1.16. The second-order valence-electron chi connectivity index (χ2n) is 6.51. The summed E-state index contributed by atoms with van der Waals surface area (Å²) in [6.07, 6.45) is 0.0526. The normalized spacial score (nSPS) is 17.7. The fourth-order valence-corrected chi connectivity index (χ4v) is 2.80. The lowest BCUT2D eigenvalue weighted by molar-refractivity contribution is -0.159. The number of ether oxygens (including phenoxy) is 4. The first kappa shape index (κ1) is 24.1. The van der Waals surface area contributed by atoms with E-state index in [4.69, 9.17) is 38.7 Å². The van der Waals surface area contributed by atoms with Gasteiger partial charge in [-0.25, -0.2) is 9.59 Å². The van der Waals surface area contributed by atoms with Crippen LogP contribution in [-0.2, 0) is 19.1 Å². The van der Waals surface area contributed by atoms with E-state index in [-0.39, 0.29) is 12.2 Å². The largest absolute Gasteiger partial charge is 0.493 e. The first-order valence-electron chi connectivity index (χ1n) is 9.72. The van der Waals surface area contributed by atoms with Crippen LogP contribution in [-0.4, -0.2) is 68.3 Å². The van der Waals surface area contributed by atoms with Gasteiger partial charge in [0.15, 0.2) is 11.5 Å². The lowest BCUT2D eigenvalue weighted by Gasteiger charge is -2.30. The van der Waals surface area contributed by atoms with Gasteiger partial charge in [0, 0.05) is 13.1 Å². The Labute approximate surface area is 180 Å². The van der Waals surface area contributed by atoms with Gasteiger partial charge in [-0.05, 0) is 17.7 Å². The zero-order valence-electron chi connectivity index (χ0n) is 17.2. The van der Waals surface area contributed by atoms with Gasteiger partial charge in [0.05, 0.1) is 26.4 Å². The number of rotatable bonds is 8. The predicted molar refractivity (Wildman–Crippen MR) is 112 cm³/mol. The van der Waals surface area contributed by atoms with E-state index in [1.165, 1.54) is 0 Å². The fourth-order valence-electron chi connectivity index (χ4n) is 2.80. The molecule has 0 unspecified atom stereocenters.